The van der Waals surface area contributed by atoms with Gasteiger partial charge in [0.2, 0.25) is 11.8 Å². The van der Waals surface area contributed by atoms with Gasteiger partial charge in [-0.25, -0.2) is 4.79 Å². The largest absolute Gasteiger partial charge is 0.465 e. The van der Waals surface area contributed by atoms with Crippen molar-refractivity contribution in [2.24, 2.45) is 0 Å². The van der Waals surface area contributed by atoms with Gasteiger partial charge in [0.1, 0.15) is 24.2 Å². The van der Waals surface area contributed by atoms with E-state index < -0.39 is 48.2 Å². The van der Waals surface area contributed by atoms with Gasteiger partial charge in [-0.05, 0) is 34.1 Å². The molecule has 0 rings (SSSR count). The fourth-order valence-corrected chi connectivity index (χ4v) is 2.00. The molecular weight excluding hydrogens is 358 g/mol. The smallest absolute Gasteiger partial charge is 0.408 e. The molecule has 27 heavy (non-hydrogen) atoms. The van der Waals surface area contributed by atoms with Gasteiger partial charge >= 0.3 is 12.1 Å². The molecule has 0 aromatic rings. The first-order chi connectivity index (χ1) is 12.4. The zero-order chi connectivity index (χ0) is 21.2. The second-order valence-corrected chi connectivity index (χ2v) is 6.85. The zero-order valence-corrected chi connectivity index (χ0v) is 16.8. The van der Waals surface area contributed by atoms with Gasteiger partial charge in [-0.1, -0.05) is 6.92 Å². The molecule has 0 saturated heterocycles. The molecule has 0 aromatic heterocycles. The quantitative estimate of drug-likeness (QED) is 0.464. The molecule has 0 spiro atoms. The molecule has 3 amide bonds. The lowest BCUT2D eigenvalue weighted by Crippen LogP contribution is -2.55. The van der Waals surface area contributed by atoms with Crippen LogP contribution in [0, 0.1) is 0 Å². The third kappa shape index (κ3) is 9.78. The maximum atomic E-state index is 12.3. The summed E-state index contributed by atoms with van der Waals surface area (Å²) in [4.78, 5) is 49.0. The molecule has 0 aliphatic carbocycles. The van der Waals surface area contributed by atoms with Gasteiger partial charge in [0.05, 0.1) is 13.2 Å². The number of nitrogens with one attached hydrogen (secondary N) is 2. The number of esters is 1. The second-order valence-electron chi connectivity index (χ2n) is 6.85. The van der Waals surface area contributed by atoms with Crippen molar-refractivity contribution in [1.29, 1.82) is 0 Å². The van der Waals surface area contributed by atoms with Gasteiger partial charge in [0, 0.05) is 7.05 Å². The molecule has 0 radical (unpaired) electrons. The highest BCUT2D eigenvalue weighted by atomic mass is 16.6. The van der Waals surface area contributed by atoms with Crippen LogP contribution in [-0.2, 0) is 23.9 Å². The molecule has 0 aliphatic heterocycles. The number of likely N-dealkylation sites (N-methyl/N-ethyl adjacent to an activating group) is 1. The maximum absolute atomic E-state index is 12.3. The van der Waals surface area contributed by atoms with Gasteiger partial charge < -0.3 is 30.1 Å². The van der Waals surface area contributed by atoms with Crippen LogP contribution < -0.4 is 10.6 Å². The number of hydrogen-bond acceptors (Lipinski definition) is 7. The Balaban J connectivity index is 4.85. The van der Waals surface area contributed by atoms with Gasteiger partial charge in [-0.15, -0.1) is 0 Å². The number of carbonyl (C=O) groups is 4. The monoisotopic (exact) mass is 389 g/mol. The van der Waals surface area contributed by atoms with Crippen molar-refractivity contribution in [3.05, 3.63) is 0 Å². The number of ether oxygens (including phenoxy) is 2. The van der Waals surface area contributed by atoms with Crippen molar-refractivity contribution >= 4 is 23.9 Å². The standard InChI is InChI=1S/C17H31N3O7/c1-7-11(19-16(25)27-17(3,4)5)14(23)18-12(10-21)15(24)20(6)9-13(22)26-8-2/h11-12,21H,7-10H2,1-6H3,(H,18,23)(H,19,25)/t11-,12+/m1/s1. The molecule has 156 valence electrons. The second kappa shape index (κ2) is 11.4. The first kappa shape index (κ1) is 24.6. The lowest BCUT2D eigenvalue weighted by Gasteiger charge is -2.26. The van der Waals surface area contributed by atoms with Crippen LogP contribution in [0.2, 0.25) is 0 Å². The molecule has 3 N–H and O–H groups in total. The number of alkyl carbamates (subject to hydrolysis) is 1. The van der Waals surface area contributed by atoms with Gasteiger partial charge in [-0.3, -0.25) is 14.4 Å². The van der Waals surface area contributed by atoms with E-state index in [1.807, 2.05) is 0 Å². The van der Waals surface area contributed by atoms with Crippen molar-refractivity contribution in [1.82, 2.24) is 15.5 Å². The number of amides is 3. The lowest BCUT2D eigenvalue weighted by molar-refractivity contribution is -0.149. The summed E-state index contributed by atoms with van der Waals surface area (Å²) in [6.45, 7) is 7.57. The predicted molar refractivity (Wildman–Crippen MR) is 96.7 cm³/mol. The summed E-state index contributed by atoms with van der Waals surface area (Å²) in [7, 11) is 1.35. The SMILES string of the molecule is CCOC(=O)CN(C)C(=O)[C@H](CO)NC(=O)[C@@H](CC)NC(=O)OC(C)(C)C. The molecule has 10 heteroatoms. The number of nitrogens with zero attached hydrogens (tertiary/aromatic N) is 1. The summed E-state index contributed by atoms with van der Waals surface area (Å²) < 4.78 is 9.85. The highest BCUT2D eigenvalue weighted by Crippen LogP contribution is 2.07. The molecule has 0 saturated carbocycles. The van der Waals surface area contributed by atoms with Gasteiger partial charge in [0.25, 0.3) is 0 Å². The first-order valence-electron chi connectivity index (χ1n) is 8.76. The van der Waals surface area contributed by atoms with E-state index in [9.17, 15) is 24.3 Å². The Morgan fingerprint density at radius 3 is 2.11 bits per heavy atom. The van der Waals surface area contributed by atoms with Crippen molar-refractivity contribution in [2.45, 2.75) is 58.7 Å². The molecule has 10 nitrogen and oxygen atoms in total. The first-order valence-corrected chi connectivity index (χ1v) is 8.76. The minimum absolute atomic E-state index is 0.176. The molecule has 2 atom stereocenters. The van der Waals surface area contributed by atoms with Crippen LogP contribution in [-0.4, -0.2) is 78.4 Å². The van der Waals surface area contributed by atoms with E-state index in [2.05, 4.69) is 10.6 Å². The third-order valence-electron chi connectivity index (χ3n) is 3.26. The minimum atomic E-state index is -1.26. The highest BCUT2D eigenvalue weighted by molar-refractivity contribution is 5.92. The van der Waals surface area contributed by atoms with E-state index in [0.717, 1.165) is 4.90 Å². The molecule has 0 heterocycles. The highest BCUT2D eigenvalue weighted by Gasteiger charge is 2.29. The molecule has 0 aliphatic rings. The van der Waals surface area contributed by atoms with Crippen molar-refractivity contribution in [3.8, 4) is 0 Å². The van der Waals surface area contributed by atoms with Crippen LogP contribution in [0.4, 0.5) is 4.79 Å². The summed E-state index contributed by atoms with van der Waals surface area (Å²) in [5.41, 5.74) is -0.724. The van der Waals surface area contributed by atoms with Gasteiger partial charge in [0.15, 0.2) is 0 Å². The fourth-order valence-electron chi connectivity index (χ4n) is 2.00. The fraction of sp³-hybridized carbons (Fsp3) is 0.765. The van der Waals surface area contributed by atoms with E-state index in [4.69, 9.17) is 9.47 Å². The zero-order valence-electron chi connectivity index (χ0n) is 16.8. The van der Waals surface area contributed by atoms with Crippen molar-refractivity contribution < 1.29 is 33.8 Å². The Hall–Kier alpha value is -2.36. The van der Waals surface area contributed by atoms with Crippen LogP contribution in [0.15, 0.2) is 0 Å². The molecule has 0 aromatic carbocycles. The van der Waals surface area contributed by atoms with E-state index in [1.54, 1.807) is 34.6 Å². The predicted octanol–water partition coefficient (Wildman–Crippen LogP) is -0.212. The Kier molecular flexibility index (Phi) is 10.4. The maximum Gasteiger partial charge on any atom is 0.408 e. The molecule has 0 fully saturated rings. The van der Waals surface area contributed by atoms with E-state index in [0.29, 0.717) is 0 Å². The number of carbonyl (C=O) groups excluding carboxylic acids is 4. The number of aliphatic hydroxyl groups excluding tert-OH is 1. The number of aliphatic hydroxyl groups is 1. The molecular formula is C17H31N3O7. The Morgan fingerprint density at radius 1 is 1.07 bits per heavy atom. The summed E-state index contributed by atoms with van der Waals surface area (Å²) >= 11 is 0. The van der Waals surface area contributed by atoms with Crippen molar-refractivity contribution in [2.75, 3.05) is 26.8 Å². The lowest BCUT2D eigenvalue weighted by atomic mass is 10.1. The average molecular weight is 389 g/mol. The Bertz CT molecular complexity index is 531. The number of rotatable bonds is 9. The van der Waals surface area contributed by atoms with E-state index in [-0.39, 0.29) is 19.6 Å². The van der Waals surface area contributed by atoms with Gasteiger partial charge in [-0.2, -0.15) is 0 Å². The van der Waals surface area contributed by atoms with Crippen LogP contribution in [0.5, 0.6) is 0 Å². The Morgan fingerprint density at radius 2 is 1.67 bits per heavy atom. The molecule has 0 bridgehead atoms. The summed E-state index contributed by atoms with van der Waals surface area (Å²) in [6, 6.07) is -2.21. The van der Waals surface area contributed by atoms with E-state index >= 15 is 0 Å². The van der Waals surface area contributed by atoms with Crippen molar-refractivity contribution in [3.63, 3.8) is 0 Å². The summed E-state index contributed by atoms with van der Waals surface area (Å²) in [5, 5.41) is 14.2. The topological polar surface area (TPSA) is 134 Å². The average Bonchev–Trinajstić information content (AvgIpc) is 2.55. The van der Waals surface area contributed by atoms with Crippen LogP contribution >= 0.6 is 0 Å². The normalized spacial score (nSPS) is 13.1. The Labute approximate surface area is 159 Å². The number of hydrogen-bond donors (Lipinski definition) is 3. The third-order valence-corrected chi connectivity index (χ3v) is 3.26. The van der Waals surface area contributed by atoms with Crippen LogP contribution in [0.3, 0.4) is 0 Å². The minimum Gasteiger partial charge on any atom is -0.465 e. The van der Waals surface area contributed by atoms with Crippen LogP contribution in [0.1, 0.15) is 41.0 Å². The summed E-state index contributed by atoms with van der Waals surface area (Å²) in [5.74, 6) is -1.92. The molecule has 0 unspecified atom stereocenters. The van der Waals surface area contributed by atoms with E-state index in [1.165, 1.54) is 7.05 Å². The van der Waals surface area contributed by atoms with Crippen LogP contribution in [0.25, 0.3) is 0 Å². The summed E-state index contributed by atoms with van der Waals surface area (Å²) in [6.07, 6.45) is -0.522.